The lowest BCUT2D eigenvalue weighted by molar-refractivity contribution is 0.674. The lowest BCUT2D eigenvalue weighted by Crippen LogP contribution is -2.19. The van der Waals surface area contributed by atoms with Crippen molar-refractivity contribution in [3.63, 3.8) is 0 Å². The second-order valence-corrected chi connectivity index (χ2v) is 7.56. The van der Waals surface area contributed by atoms with E-state index in [9.17, 15) is 0 Å². The number of hydrogen-bond acceptors (Lipinski definition) is 3. The third-order valence-corrected chi connectivity index (χ3v) is 5.24. The van der Waals surface area contributed by atoms with E-state index in [0.29, 0.717) is 5.92 Å². The van der Waals surface area contributed by atoms with Gasteiger partial charge < -0.3 is 5.32 Å². The quantitative estimate of drug-likeness (QED) is 0.652. The molecule has 0 aromatic heterocycles. The maximum atomic E-state index is 4.53. The number of benzene rings is 1. The Morgan fingerprint density at radius 1 is 1.29 bits per heavy atom. The molecule has 0 saturated heterocycles. The fraction of sp³-hybridized carbons (Fsp3) is 0.364. The minimum Gasteiger partial charge on any atom is -0.333 e. The molecule has 2 rings (SSSR count). The van der Waals surface area contributed by atoms with Gasteiger partial charge in [0, 0.05) is 25.7 Å². The van der Waals surface area contributed by atoms with Gasteiger partial charge in [0.15, 0.2) is 5.17 Å². The van der Waals surface area contributed by atoms with Crippen LogP contribution in [0.2, 0.25) is 0 Å². The summed E-state index contributed by atoms with van der Waals surface area (Å²) in [4.78, 5) is 4.53. The van der Waals surface area contributed by atoms with Gasteiger partial charge in [-0.05, 0) is 49.9 Å². The van der Waals surface area contributed by atoms with Gasteiger partial charge >= 0.3 is 0 Å². The normalized spacial score (nSPS) is 20.0. The number of thioether (sulfide) groups is 1. The van der Waals surface area contributed by atoms with E-state index in [1.54, 1.807) is 11.8 Å². The fourth-order valence-electron chi connectivity index (χ4n) is 1.40. The van der Waals surface area contributed by atoms with E-state index >= 15 is 0 Å². The molecule has 6 heteroatoms. The Hall–Kier alpha value is 0.480. The van der Waals surface area contributed by atoms with Crippen LogP contribution >= 0.6 is 59.6 Å². The Kier molecular flexibility index (Phi) is 4.97. The van der Waals surface area contributed by atoms with Crippen LogP contribution in [0.4, 0.5) is 5.69 Å². The summed E-state index contributed by atoms with van der Waals surface area (Å²) in [6.07, 6.45) is 0. The maximum Gasteiger partial charge on any atom is 0.161 e. The van der Waals surface area contributed by atoms with E-state index in [1.807, 2.05) is 12.1 Å². The molecule has 0 amide bonds. The monoisotopic (exact) mass is 440 g/mol. The number of rotatable bonds is 1. The Bertz CT molecular complexity index is 439. The molecule has 1 aliphatic rings. The van der Waals surface area contributed by atoms with Crippen molar-refractivity contribution >= 4 is 70.4 Å². The highest BCUT2D eigenvalue weighted by atomic mass is 79.9. The predicted octanol–water partition coefficient (Wildman–Crippen LogP) is 5.12. The molecule has 1 N–H and O–H groups in total. The number of nitrogens with one attached hydrogen (secondary N) is 1. The molecular weight excluding hydrogens is 432 g/mol. The first-order chi connectivity index (χ1) is 8.06. The van der Waals surface area contributed by atoms with Gasteiger partial charge in [-0.15, -0.1) is 0 Å². The molecule has 1 aromatic carbocycles. The third-order valence-electron chi connectivity index (χ3n) is 2.29. The molecule has 17 heavy (non-hydrogen) atoms. The van der Waals surface area contributed by atoms with Crippen LogP contribution in [0.15, 0.2) is 30.5 Å². The number of amidine groups is 1. The third kappa shape index (κ3) is 3.72. The summed E-state index contributed by atoms with van der Waals surface area (Å²) in [5, 5.41) is 4.36. The predicted molar refractivity (Wildman–Crippen MR) is 87.1 cm³/mol. The number of anilines is 1. The zero-order valence-corrected chi connectivity index (χ0v) is 14.7. The Balaban J connectivity index is 2.19. The van der Waals surface area contributed by atoms with Crippen molar-refractivity contribution in [2.45, 2.75) is 6.92 Å². The molecule has 1 aliphatic heterocycles. The minimum absolute atomic E-state index is 0.669. The highest BCUT2D eigenvalue weighted by molar-refractivity contribution is 9.11. The standard InChI is InChI=1S/C11H11Br3N2S/c1-6-4-15-11(17-5-6)16-10-8(13)2-7(12)3-9(10)14/h2-3,6H,4-5H2,1H3,(H,15,16). The van der Waals surface area contributed by atoms with E-state index in [4.69, 9.17) is 0 Å². The Labute approximate surface area is 130 Å². The summed E-state index contributed by atoms with van der Waals surface area (Å²) in [6, 6.07) is 4.04. The van der Waals surface area contributed by atoms with Gasteiger partial charge in [-0.1, -0.05) is 34.6 Å². The van der Waals surface area contributed by atoms with Crippen molar-refractivity contribution in [1.29, 1.82) is 0 Å². The summed E-state index contributed by atoms with van der Waals surface area (Å²) < 4.78 is 3.06. The van der Waals surface area contributed by atoms with E-state index < -0.39 is 0 Å². The molecule has 0 fully saturated rings. The first-order valence-corrected chi connectivity index (χ1v) is 8.51. The summed E-state index contributed by atoms with van der Waals surface area (Å²) in [6.45, 7) is 3.12. The SMILES string of the molecule is CC1CN=C(Nc2c(Br)cc(Br)cc2Br)SC1. The summed E-state index contributed by atoms with van der Waals surface area (Å²) in [5.41, 5.74) is 1.02. The Morgan fingerprint density at radius 2 is 1.94 bits per heavy atom. The van der Waals surface area contributed by atoms with Crippen molar-refractivity contribution in [2.75, 3.05) is 17.6 Å². The molecule has 0 aliphatic carbocycles. The fourth-order valence-corrected chi connectivity index (χ4v) is 4.75. The van der Waals surface area contributed by atoms with Gasteiger partial charge in [0.1, 0.15) is 0 Å². The van der Waals surface area contributed by atoms with Crippen molar-refractivity contribution in [3.05, 3.63) is 25.6 Å². The van der Waals surface area contributed by atoms with Crippen LogP contribution in [0.1, 0.15) is 6.92 Å². The Morgan fingerprint density at radius 3 is 2.47 bits per heavy atom. The average molecular weight is 443 g/mol. The highest BCUT2D eigenvalue weighted by Gasteiger charge is 2.14. The molecule has 1 aromatic rings. The molecule has 1 heterocycles. The zero-order chi connectivity index (χ0) is 12.4. The molecular formula is C11H11Br3N2S. The topological polar surface area (TPSA) is 24.4 Å². The second kappa shape index (κ2) is 6.08. The summed E-state index contributed by atoms with van der Waals surface area (Å²) in [7, 11) is 0. The van der Waals surface area contributed by atoms with Crippen molar-refractivity contribution in [3.8, 4) is 0 Å². The van der Waals surface area contributed by atoms with E-state index in [-0.39, 0.29) is 0 Å². The second-order valence-electron chi connectivity index (χ2n) is 3.93. The maximum absolute atomic E-state index is 4.53. The van der Waals surface area contributed by atoms with E-state index in [2.05, 4.69) is 65.0 Å². The molecule has 0 saturated carbocycles. The largest absolute Gasteiger partial charge is 0.333 e. The molecule has 0 bridgehead atoms. The van der Waals surface area contributed by atoms with Crippen LogP contribution in [0, 0.1) is 5.92 Å². The van der Waals surface area contributed by atoms with Crippen LogP contribution in [0.3, 0.4) is 0 Å². The smallest absolute Gasteiger partial charge is 0.161 e. The summed E-state index contributed by atoms with van der Waals surface area (Å²) in [5.74, 6) is 1.79. The van der Waals surface area contributed by atoms with Crippen LogP contribution in [0.25, 0.3) is 0 Å². The van der Waals surface area contributed by atoms with Crippen LogP contribution in [-0.2, 0) is 0 Å². The molecule has 1 unspecified atom stereocenters. The van der Waals surface area contributed by atoms with Crippen molar-refractivity contribution in [2.24, 2.45) is 10.9 Å². The average Bonchev–Trinajstić information content (AvgIpc) is 2.26. The van der Waals surface area contributed by atoms with Gasteiger partial charge in [0.2, 0.25) is 0 Å². The molecule has 92 valence electrons. The molecule has 0 spiro atoms. The van der Waals surface area contributed by atoms with Crippen LogP contribution in [-0.4, -0.2) is 17.5 Å². The van der Waals surface area contributed by atoms with Crippen molar-refractivity contribution < 1.29 is 0 Å². The molecule has 1 atom stereocenters. The van der Waals surface area contributed by atoms with Gasteiger partial charge in [0.05, 0.1) is 5.69 Å². The first-order valence-electron chi connectivity index (χ1n) is 5.15. The van der Waals surface area contributed by atoms with E-state index in [1.165, 1.54) is 0 Å². The first kappa shape index (κ1) is 13.9. The van der Waals surface area contributed by atoms with Gasteiger partial charge in [-0.3, -0.25) is 4.99 Å². The lowest BCUT2D eigenvalue weighted by atomic mass is 10.2. The summed E-state index contributed by atoms with van der Waals surface area (Å²) >= 11 is 12.3. The van der Waals surface area contributed by atoms with Crippen LogP contribution < -0.4 is 5.32 Å². The number of aliphatic imine (C=N–C) groups is 1. The van der Waals surface area contributed by atoms with Crippen LogP contribution in [0.5, 0.6) is 0 Å². The highest BCUT2D eigenvalue weighted by Crippen LogP contribution is 2.35. The van der Waals surface area contributed by atoms with Gasteiger partial charge in [-0.25, -0.2) is 0 Å². The van der Waals surface area contributed by atoms with E-state index in [0.717, 1.165) is 36.6 Å². The van der Waals surface area contributed by atoms with Gasteiger partial charge in [-0.2, -0.15) is 0 Å². The minimum atomic E-state index is 0.669. The molecule has 0 radical (unpaired) electrons. The molecule has 2 nitrogen and oxygen atoms in total. The number of hydrogen-bond donors (Lipinski definition) is 1. The van der Waals surface area contributed by atoms with Crippen molar-refractivity contribution in [1.82, 2.24) is 0 Å². The lowest BCUT2D eigenvalue weighted by Gasteiger charge is -2.19. The number of halogens is 3. The zero-order valence-electron chi connectivity index (χ0n) is 9.14. The van der Waals surface area contributed by atoms with Gasteiger partial charge in [0.25, 0.3) is 0 Å². The number of nitrogens with zero attached hydrogens (tertiary/aromatic N) is 1.